The van der Waals surface area contributed by atoms with Crippen molar-refractivity contribution in [1.29, 1.82) is 0 Å². The summed E-state index contributed by atoms with van der Waals surface area (Å²) >= 11 is 0. The van der Waals surface area contributed by atoms with Crippen molar-refractivity contribution in [3.8, 4) is 0 Å². The molecule has 2 heterocycles. The molecule has 0 unspecified atom stereocenters. The fourth-order valence-electron chi connectivity index (χ4n) is 3.49. The number of likely N-dealkylation sites (tertiary alicyclic amines) is 1. The first kappa shape index (κ1) is 17.2. The molecule has 138 valence electrons. The fraction of sp³-hybridized carbons (Fsp3) is 0.550. The largest absolute Gasteiger partial charge is 0.367 e. The van der Waals surface area contributed by atoms with Crippen LogP contribution in [0.3, 0.4) is 0 Å². The zero-order chi connectivity index (χ0) is 17.8. The monoisotopic (exact) mass is 355 g/mol. The third kappa shape index (κ3) is 4.49. The molecule has 0 spiro atoms. The molecule has 1 atom stereocenters. The Labute approximate surface area is 153 Å². The lowest BCUT2D eigenvalue weighted by atomic mass is 9.95. The lowest BCUT2D eigenvalue weighted by Crippen LogP contribution is -2.42. The van der Waals surface area contributed by atoms with Crippen LogP contribution in [0.5, 0.6) is 0 Å². The van der Waals surface area contributed by atoms with E-state index < -0.39 is 0 Å². The Hall–Kier alpha value is -2.21. The second kappa shape index (κ2) is 7.99. The van der Waals surface area contributed by atoms with Gasteiger partial charge in [0.05, 0.1) is 6.61 Å². The van der Waals surface area contributed by atoms with Gasteiger partial charge in [0.1, 0.15) is 6.61 Å². The van der Waals surface area contributed by atoms with Gasteiger partial charge in [0, 0.05) is 25.4 Å². The van der Waals surface area contributed by atoms with Crippen molar-refractivity contribution in [3.63, 3.8) is 0 Å². The Kier molecular flexibility index (Phi) is 5.29. The lowest BCUT2D eigenvalue weighted by Gasteiger charge is -2.32. The van der Waals surface area contributed by atoms with E-state index in [1.165, 1.54) is 12.8 Å². The summed E-state index contributed by atoms with van der Waals surface area (Å²) in [5.74, 6) is 2.53. The summed E-state index contributed by atoms with van der Waals surface area (Å²) in [6.07, 6.45) is 5.21. The van der Waals surface area contributed by atoms with Gasteiger partial charge in [-0.1, -0.05) is 35.5 Å². The Bertz CT molecular complexity index is 727. The number of carbonyl (C=O) groups is 1. The van der Waals surface area contributed by atoms with Crippen molar-refractivity contribution in [2.24, 2.45) is 5.92 Å². The van der Waals surface area contributed by atoms with Crippen LogP contribution in [0, 0.1) is 5.92 Å². The number of amides is 1. The van der Waals surface area contributed by atoms with Crippen LogP contribution < -0.4 is 0 Å². The van der Waals surface area contributed by atoms with E-state index in [2.05, 4.69) is 10.1 Å². The molecule has 1 aliphatic carbocycles. The highest BCUT2D eigenvalue weighted by atomic mass is 16.5. The third-order valence-electron chi connectivity index (χ3n) is 5.10. The number of piperidine rings is 1. The molecular weight excluding hydrogens is 330 g/mol. The quantitative estimate of drug-likeness (QED) is 0.764. The highest BCUT2D eigenvalue weighted by Crippen LogP contribution is 2.38. The number of ether oxygens (including phenoxy) is 1. The zero-order valence-electron chi connectivity index (χ0n) is 15.0. The molecule has 1 saturated heterocycles. The molecule has 1 aromatic carbocycles. The highest BCUT2D eigenvalue weighted by molar-refractivity contribution is 5.77. The van der Waals surface area contributed by atoms with E-state index in [1.807, 2.05) is 35.2 Å². The molecule has 0 radical (unpaired) electrons. The summed E-state index contributed by atoms with van der Waals surface area (Å²) in [5, 5.41) is 4.08. The molecule has 0 N–H and O–H groups in total. The van der Waals surface area contributed by atoms with Crippen LogP contribution >= 0.6 is 0 Å². The van der Waals surface area contributed by atoms with Crippen molar-refractivity contribution in [2.75, 3.05) is 19.7 Å². The average molecular weight is 355 g/mol. The molecule has 26 heavy (non-hydrogen) atoms. The molecule has 1 saturated carbocycles. The number of aromatic nitrogens is 2. The van der Waals surface area contributed by atoms with E-state index in [-0.39, 0.29) is 12.5 Å². The maximum atomic E-state index is 12.4. The van der Waals surface area contributed by atoms with E-state index in [1.54, 1.807) is 0 Å². The average Bonchev–Trinajstić information content (AvgIpc) is 3.42. The van der Waals surface area contributed by atoms with E-state index in [9.17, 15) is 4.79 Å². The summed E-state index contributed by atoms with van der Waals surface area (Å²) in [7, 11) is 0. The minimum atomic E-state index is 0.0647. The standard InChI is InChI=1S/C20H25N3O3/c24-19(14-25-13-15-5-2-1-3-6-15)23-10-4-7-16(12-23)11-18-21-20(22-26-18)17-8-9-17/h1-3,5-6,16-17H,4,7-14H2/t16-/m1/s1. The van der Waals surface area contributed by atoms with Crippen LogP contribution in [0.2, 0.25) is 0 Å². The van der Waals surface area contributed by atoms with Gasteiger partial charge in [0.15, 0.2) is 5.82 Å². The van der Waals surface area contributed by atoms with Crippen LogP contribution in [0.15, 0.2) is 34.9 Å². The van der Waals surface area contributed by atoms with E-state index >= 15 is 0 Å². The Morgan fingerprint density at radius 2 is 2.08 bits per heavy atom. The van der Waals surface area contributed by atoms with Gasteiger partial charge >= 0.3 is 0 Å². The van der Waals surface area contributed by atoms with Gasteiger partial charge in [-0.15, -0.1) is 0 Å². The number of hydrogen-bond acceptors (Lipinski definition) is 5. The molecule has 0 bridgehead atoms. The molecule has 1 aliphatic heterocycles. The number of nitrogens with zero attached hydrogens (tertiary/aromatic N) is 3. The zero-order valence-corrected chi connectivity index (χ0v) is 15.0. The van der Waals surface area contributed by atoms with E-state index in [0.29, 0.717) is 24.3 Å². The minimum absolute atomic E-state index is 0.0647. The molecule has 6 nitrogen and oxygen atoms in total. The number of hydrogen-bond donors (Lipinski definition) is 0. The smallest absolute Gasteiger partial charge is 0.248 e. The molecule has 1 amide bonds. The van der Waals surface area contributed by atoms with Crippen molar-refractivity contribution in [1.82, 2.24) is 15.0 Å². The minimum Gasteiger partial charge on any atom is -0.367 e. The molecular formula is C20H25N3O3. The second-order valence-corrected chi connectivity index (χ2v) is 7.35. The van der Waals surface area contributed by atoms with Crippen LogP contribution in [0.4, 0.5) is 0 Å². The summed E-state index contributed by atoms with van der Waals surface area (Å²) in [6, 6.07) is 9.92. The van der Waals surface area contributed by atoms with Gasteiger partial charge in [-0.2, -0.15) is 4.98 Å². The normalized spacial score (nSPS) is 20.3. The van der Waals surface area contributed by atoms with E-state index in [0.717, 1.165) is 43.7 Å². The van der Waals surface area contributed by atoms with Crippen molar-refractivity contribution < 1.29 is 14.1 Å². The summed E-state index contributed by atoms with van der Waals surface area (Å²) in [5.41, 5.74) is 1.08. The Morgan fingerprint density at radius 1 is 1.23 bits per heavy atom. The predicted octanol–water partition coefficient (Wildman–Crippen LogP) is 2.94. The maximum Gasteiger partial charge on any atom is 0.248 e. The molecule has 6 heteroatoms. The molecule has 2 aromatic rings. The van der Waals surface area contributed by atoms with Crippen molar-refractivity contribution >= 4 is 5.91 Å². The fourth-order valence-corrected chi connectivity index (χ4v) is 3.49. The van der Waals surface area contributed by atoms with Crippen molar-refractivity contribution in [2.45, 2.75) is 44.6 Å². The summed E-state index contributed by atoms with van der Waals surface area (Å²) < 4.78 is 11.0. The maximum absolute atomic E-state index is 12.4. The SMILES string of the molecule is O=C(COCc1ccccc1)N1CCC[C@H](Cc2nc(C3CC3)no2)C1. The number of carbonyl (C=O) groups excluding carboxylic acids is 1. The highest BCUT2D eigenvalue weighted by Gasteiger charge is 2.30. The topological polar surface area (TPSA) is 68.5 Å². The third-order valence-corrected chi connectivity index (χ3v) is 5.10. The molecule has 2 aliphatic rings. The number of benzene rings is 1. The van der Waals surface area contributed by atoms with Crippen LogP contribution in [-0.2, 0) is 22.6 Å². The first-order valence-electron chi connectivity index (χ1n) is 9.50. The second-order valence-electron chi connectivity index (χ2n) is 7.35. The van der Waals surface area contributed by atoms with E-state index in [4.69, 9.17) is 9.26 Å². The Morgan fingerprint density at radius 3 is 2.88 bits per heavy atom. The summed E-state index contributed by atoms with van der Waals surface area (Å²) in [4.78, 5) is 18.9. The first-order valence-corrected chi connectivity index (χ1v) is 9.50. The molecule has 1 aromatic heterocycles. The van der Waals surface area contributed by atoms with Crippen LogP contribution in [0.1, 0.15) is 48.9 Å². The molecule has 4 rings (SSSR count). The Balaban J connectivity index is 1.23. The van der Waals surface area contributed by atoms with Gasteiger partial charge in [0.2, 0.25) is 11.8 Å². The molecule has 2 fully saturated rings. The van der Waals surface area contributed by atoms with Gasteiger partial charge in [-0.3, -0.25) is 4.79 Å². The van der Waals surface area contributed by atoms with Crippen LogP contribution in [-0.4, -0.2) is 40.6 Å². The lowest BCUT2D eigenvalue weighted by molar-refractivity contribution is -0.138. The summed E-state index contributed by atoms with van der Waals surface area (Å²) in [6.45, 7) is 2.15. The predicted molar refractivity (Wildman–Crippen MR) is 95.4 cm³/mol. The van der Waals surface area contributed by atoms with Crippen molar-refractivity contribution in [3.05, 3.63) is 47.6 Å². The van der Waals surface area contributed by atoms with Gasteiger partial charge in [0.25, 0.3) is 0 Å². The first-order chi connectivity index (χ1) is 12.8. The van der Waals surface area contributed by atoms with Gasteiger partial charge in [-0.05, 0) is 37.2 Å². The van der Waals surface area contributed by atoms with Gasteiger partial charge in [-0.25, -0.2) is 0 Å². The van der Waals surface area contributed by atoms with Gasteiger partial charge < -0.3 is 14.2 Å². The number of rotatable bonds is 7. The van der Waals surface area contributed by atoms with Crippen LogP contribution in [0.25, 0.3) is 0 Å².